The maximum absolute atomic E-state index is 12.9. The smallest absolute Gasteiger partial charge is 0.326 e. The first kappa shape index (κ1) is 23.6. The Morgan fingerprint density at radius 3 is 2.95 bits per heavy atom. The fourth-order valence-corrected chi connectivity index (χ4v) is 5.64. The summed E-state index contributed by atoms with van der Waals surface area (Å²) >= 11 is 1.39. The third-order valence-electron chi connectivity index (χ3n) is 6.86. The molecule has 192 valence electrons. The molecule has 0 bridgehead atoms. The summed E-state index contributed by atoms with van der Waals surface area (Å²) in [5.41, 5.74) is 1.64. The van der Waals surface area contributed by atoms with Crippen LogP contribution < -0.4 is 21.7 Å². The van der Waals surface area contributed by atoms with Crippen molar-refractivity contribution < 1.29 is 9.90 Å². The van der Waals surface area contributed by atoms with E-state index in [1.807, 2.05) is 18.2 Å². The van der Waals surface area contributed by atoms with Crippen molar-refractivity contribution in [1.82, 2.24) is 34.8 Å². The largest absolute Gasteiger partial charge is 0.493 e. The molecule has 1 aliphatic carbocycles. The Bertz CT molecular complexity index is 1640. The Hall–Kier alpha value is -3.77. The van der Waals surface area contributed by atoms with Gasteiger partial charge in [-0.05, 0) is 57.0 Å². The summed E-state index contributed by atoms with van der Waals surface area (Å²) in [6, 6.07) is 6.29. The second-order valence-electron chi connectivity index (χ2n) is 9.48. The molecule has 1 saturated heterocycles. The van der Waals surface area contributed by atoms with Crippen LogP contribution in [0.3, 0.4) is 0 Å². The molecule has 12 heteroatoms. The van der Waals surface area contributed by atoms with Crippen LogP contribution >= 0.6 is 11.3 Å². The third kappa shape index (κ3) is 4.81. The molecule has 5 heterocycles. The predicted molar refractivity (Wildman–Crippen MR) is 139 cm³/mol. The van der Waals surface area contributed by atoms with E-state index in [4.69, 9.17) is 9.98 Å². The van der Waals surface area contributed by atoms with Crippen molar-refractivity contribution in [1.29, 1.82) is 0 Å². The van der Waals surface area contributed by atoms with Crippen LogP contribution in [0.5, 0.6) is 5.88 Å². The summed E-state index contributed by atoms with van der Waals surface area (Å²) in [5, 5.41) is 18.2. The maximum Gasteiger partial charge on any atom is 0.326 e. The number of nitrogens with zero attached hydrogens (tertiary/aromatic N) is 5. The lowest BCUT2D eigenvalue weighted by molar-refractivity contribution is 0.0945. The first-order valence-corrected chi connectivity index (χ1v) is 13.4. The molecule has 1 amide bonds. The van der Waals surface area contributed by atoms with E-state index in [-0.39, 0.29) is 23.5 Å². The van der Waals surface area contributed by atoms with Crippen LogP contribution in [0.4, 0.5) is 0 Å². The molecule has 4 N–H and O–H groups in total. The van der Waals surface area contributed by atoms with Gasteiger partial charge < -0.3 is 15.4 Å². The molecule has 1 aliphatic heterocycles. The third-order valence-corrected chi connectivity index (χ3v) is 7.97. The molecular formula is C25H28N8O3S. The van der Waals surface area contributed by atoms with Crippen LogP contribution in [0.25, 0.3) is 22.3 Å². The van der Waals surface area contributed by atoms with Crippen molar-refractivity contribution in [2.75, 3.05) is 19.6 Å². The number of aromatic nitrogens is 5. The molecule has 37 heavy (non-hydrogen) atoms. The first-order valence-electron chi connectivity index (χ1n) is 12.6. The summed E-state index contributed by atoms with van der Waals surface area (Å²) in [5.74, 6) is -0.328. The van der Waals surface area contributed by atoms with Gasteiger partial charge in [-0.2, -0.15) is 9.61 Å². The van der Waals surface area contributed by atoms with E-state index in [1.165, 1.54) is 17.8 Å². The highest BCUT2D eigenvalue weighted by atomic mass is 32.1. The predicted octanol–water partition coefficient (Wildman–Crippen LogP) is 1.00. The molecule has 11 nitrogen and oxygen atoms in total. The average Bonchev–Trinajstić information content (AvgIpc) is 3.28. The highest BCUT2D eigenvalue weighted by Crippen LogP contribution is 2.27. The van der Waals surface area contributed by atoms with Crippen molar-refractivity contribution in [3.05, 3.63) is 56.2 Å². The number of H-pyrrole nitrogens is 2. The molecular weight excluding hydrogens is 492 g/mol. The number of rotatable bonds is 7. The summed E-state index contributed by atoms with van der Waals surface area (Å²) in [6.07, 6.45) is 7.60. The van der Waals surface area contributed by atoms with Gasteiger partial charge in [0.2, 0.25) is 5.88 Å². The van der Waals surface area contributed by atoms with E-state index in [0.717, 1.165) is 37.2 Å². The van der Waals surface area contributed by atoms with Crippen molar-refractivity contribution in [3.63, 3.8) is 0 Å². The van der Waals surface area contributed by atoms with Crippen LogP contribution in [-0.2, 0) is 0 Å². The first-order chi connectivity index (χ1) is 18.0. The van der Waals surface area contributed by atoms with Crippen LogP contribution in [0.2, 0.25) is 0 Å². The van der Waals surface area contributed by atoms with Crippen molar-refractivity contribution >= 4 is 29.0 Å². The minimum absolute atomic E-state index is 0.0755. The number of likely N-dealkylation sites (N-methyl/N-ethyl adjacent to an activating group) is 1. The fraction of sp³-hybridized carbons (Fsp3) is 0.400. The Morgan fingerprint density at radius 2 is 2.19 bits per heavy atom. The van der Waals surface area contributed by atoms with Crippen LogP contribution in [0, 0.1) is 0 Å². The SMILES string of the molecule is CCN1CCC[C@H]1CNC(=O)c1ccc(-c2cc(=NC3CC3)n3ncc(=Cc4[nH]c(=O)[nH]c4O)c3n2)s1. The number of likely N-dealkylation sites (tertiary alicyclic amines) is 1. The van der Waals surface area contributed by atoms with Crippen molar-refractivity contribution in [2.45, 2.75) is 44.7 Å². The zero-order valence-electron chi connectivity index (χ0n) is 20.4. The fourth-order valence-electron chi connectivity index (χ4n) is 4.76. The average molecular weight is 521 g/mol. The number of amides is 1. The monoisotopic (exact) mass is 520 g/mol. The highest BCUT2D eigenvalue weighted by Gasteiger charge is 2.24. The number of carbonyl (C=O) groups is 1. The molecule has 1 atom stereocenters. The quantitative estimate of drug-likeness (QED) is 0.286. The molecule has 6 rings (SSSR count). The molecule has 2 aliphatic rings. The number of nitrogens with one attached hydrogen (secondary N) is 3. The van der Waals surface area contributed by atoms with E-state index in [9.17, 15) is 14.7 Å². The molecule has 1 saturated carbocycles. The van der Waals surface area contributed by atoms with E-state index in [0.29, 0.717) is 39.5 Å². The molecule has 0 aromatic carbocycles. The molecule has 4 aromatic heterocycles. The Morgan fingerprint density at radius 1 is 1.32 bits per heavy atom. The van der Waals surface area contributed by atoms with Gasteiger partial charge in [0.05, 0.1) is 27.7 Å². The number of imidazole rings is 1. The van der Waals surface area contributed by atoms with Gasteiger partial charge in [-0.15, -0.1) is 11.3 Å². The zero-order chi connectivity index (χ0) is 25.5. The van der Waals surface area contributed by atoms with E-state index < -0.39 is 5.69 Å². The van der Waals surface area contributed by atoms with Gasteiger partial charge in [0.15, 0.2) is 11.1 Å². The molecule has 0 radical (unpaired) electrons. The molecule has 4 aromatic rings. The lowest BCUT2D eigenvalue weighted by Gasteiger charge is -2.22. The number of fused-ring (bicyclic) bond motifs is 1. The topological polar surface area (TPSA) is 144 Å². The van der Waals surface area contributed by atoms with E-state index in [1.54, 1.807) is 16.8 Å². The summed E-state index contributed by atoms with van der Waals surface area (Å²) in [7, 11) is 0. The zero-order valence-corrected chi connectivity index (χ0v) is 21.2. The summed E-state index contributed by atoms with van der Waals surface area (Å²) < 4.78 is 1.66. The highest BCUT2D eigenvalue weighted by molar-refractivity contribution is 7.17. The molecule has 2 fully saturated rings. The van der Waals surface area contributed by atoms with Crippen LogP contribution in [-0.4, -0.2) is 72.2 Å². The van der Waals surface area contributed by atoms with Gasteiger partial charge in [0.25, 0.3) is 5.91 Å². The van der Waals surface area contributed by atoms with Gasteiger partial charge in [0, 0.05) is 23.9 Å². The van der Waals surface area contributed by atoms with Gasteiger partial charge in [0.1, 0.15) is 5.69 Å². The van der Waals surface area contributed by atoms with Crippen molar-refractivity contribution in [3.8, 4) is 16.5 Å². The van der Waals surface area contributed by atoms with Gasteiger partial charge in [-0.1, -0.05) is 6.92 Å². The number of hydrogen-bond donors (Lipinski definition) is 4. The minimum Gasteiger partial charge on any atom is -0.493 e. The van der Waals surface area contributed by atoms with E-state index >= 15 is 0 Å². The lowest BCUT2D eigenvalue weighted by atomic mass is 10.2. The van der Waals surface area contributed by atoms with Crippen LogP contribution in [0.1, 0.15) is 48.0 Å². The van der Waals surface area contributed by atoms with Gasteiger partial charge in [-0.3, -0.25) is 19.7 Å². The Labute approximate surface area is 215 Å². The normalized spacial score (nSPS) is 19.3. The van der Waals surface area contributed by atoms with Crippen molar-refractivity contribution in [2.24, 2.45) is 4.99 Å². The second kappa shape index (κ2) is 9.60. The number of thiophene rings is 1. The summed E-state index contributed by atoms with van der Waals surface area (Å²) in [6.45, 7) is 4.90. The van der Waals surface area contributed by atoms with E-state index in [2.05, 4.69) is 32.2 Å². The number of aromatic amines is 2. The maximum atomic E-state index is 12.9. The summed E-state index contributed by atoms with van der Waals surface area (Å²) in [4.78, 5) is 42.8. The van der Waals surface area contributed by atoms with Gasteiger partial charge >= 0.3 is 5.69 Å². The number of aromatic hydroxyl groups is 1. The Kier molecular flexibility index (Phi) is 6.13. The minimum atomic E-state index is -0.502. The number of hydrogen-bond acceptors (Lipinski definition) is 8. The number of carbonyl (C=O) groups excluding carboxylic acids is 1. The molecule has 0 spiro atoms. The second-order valence-corrected chi connectivity index (χ2v) is 10.6. The molecule has 0 unspecified atom stereocenters. The van der Waals surface area contributed by atoms with Crippen LogP contribution in [0.15, 0.2) is 34.2 Å². The Balaban J connectivity index is 1.33. The van der Waals surface area contributed by atoms with Gasteiger partial charge in [-0.25, -0.2) is 9.78 Å². The lowest BCUT2D eigenvalue weighted by Crippen LogP contribution is -2.39. The standard InChI is InChI=1S/C25H28N8O3S/c1-2-32-9-3-4-16(32)13-26-24(35)20-8-7-19(37-20)17-11-21(28-15-5-6-15)33-22(29-17)14(12-27-33)10-18-23(34)31-25(36)30-18/h7-8,10-12,15-16,34H,2-6,9,13H2,1H3,(H,26,35)(H2,30,31,36)/t16-/m0/s1.